The molecule has 4 rings (SSSR count). The summed E-state index contributed by atoms with van der Waals surface area (Å²) in [7, 11) is -1.59. The predicted octanol–water partition coefficient (Wildman–Crippen LogP) is 0.648. The molecule has 0 unspecified atom stereocenters. The highest BCUT2D eigenvalue weighted by molar-refractivity contribution is 7.89. The lowest BCUT2D eigenvalue weighted by Crippen LogP contribution is -2.49. The van der Waals surface area contributed by atoms with Crippen LogP contribution < -0.4 is 9.80 Å². The highest BCUT2D eigenvalue weighted by Gasteiger charge is 2.29. The highest BCUT2D eigenvalue weighted by atomic mass is 32.2. The summed E-state index contributed by atoms with van der Waals surface area (Å²) in [5.41, 5.74) is -0.137. The molecule has 11 nitrogen and oxygen atoms in total. The van der Waals surface area contributed by atoms with Crippen LogP contribution in [0.4, 0.5) is 17.3 Å². The lowest BCUT2D eigenvalue weighted by Gasteiger charge is -2.35. The number of piperazine rings is 2. The Bertz CT molecular complexity index is 1010. The van der Waals surface area contributed by atoms with E-state index in [9.17, 15) is 18.5 Å². The summed E-state index contributed by atoms with van der Waals surface area (Å²) in [6.07, 6.45) is 0. The Hall–Kier alpha value is -2.83. The Morgan fingerprint density at radius 3 is 1.74 bits per heavy atom. The van der Waals surface area contributed by atoms with E-state index in [0.717, 1.165) is 37.8 Å². The minimum atomic E-state index is -3.70. The van der Waals surface area contributed by atoms with E-state index in [0.29, 0.717) is 26.2 Å². The summed E-state index contributed by atoms with van der Waals surface area (Å²) in [5.74, 6) is 1.58. The average molecular weight is 448 g/mol. The number of anilines is 2. The van der Waals surface area contributed by atoms with Crippen LogP contribution in [0.5, 0.6) is 0 Å². The van der Waals surface area contributed by atoms with Gasteiger partial charge in [-0.3, -0.25) is 10.1 Å². The summed E-state index contributed by atoms with van der Waals surface area (Å²) in [6, 6.07) is 8.88. The van der Waals surface area contributed by atoms with E-state index in [-0.39, 0.29) is 10.6 Å². The maximum atomic E-state index is 12.9. The third kappa shape index (κ3) is 4.60. The number of likely N-dealkylation sites (N-methyl/N-ethyl adjacent to an activating group) is 1. The second-order valence-electron chi connectivity index (χ2n) is 7.68. The molecule has 0 aliphatic carbocycles. The van der Waals surface area contributed by atoms with Crippen molar-refractivity contribution in [3.8, 4) is 0 Å². The fraction of sp³-hybridized carbons (Fsp3) is 0.474. The van der Waals surface area contributed by atoms with Crippen LogP contribution in [0.25, 0.3) is 0 Å². The molecule has 0 atom stereocenters. The van der Waals surface area contributed by atoms with E-state index in [2.05, 4.69) is 27.0 Å². The van der Waals surface area contributed by atoms with Gasteiger partial charge >= 0.3 is 0 Å². The van der Waals surface area contributed by atoms with Gasteiger partial charge in [-0.15, -0.1) is 10.2 Å². The zero-order valence-electron chi connectivity index (χ0n) is 17.3. The molecule has 2 aliphatic rings. The first-order valence-corrected chi connectivity index (χ1v) is 11.6. The maximum Gasteiger partial charge on any atom is 0.269 e. The SMILES string of the molecule is CN1CCN(c2ccc(N3CCN(S(=O)(=O)c4ccc([N+](=O)[O-])cc4)CC3)nn2)CC1. The molecule has 12 heteroatoms. The molecule has 0 radical (unpaired) electrons. The fourth-order valence-corrected chi connectivity index (χ4v) is 5.16. The minimum Gasteiger partial charge on any atom is -0.353 e. The van der Waals surface area contributed by atoms with E-state index in [1.807, 2.05) is 17.0 Å². The van der Waals surface area contributed by atoms with Crippen molar-refractivity contribution < 1.29 is 13.3 Å². The van der Waals surface area contributed by atoms with Gasteiger partial charge in [-0.25, -0.2) is 8.42 Å². The molecular formula is C19H25N7O4S. The van der Waals surface area contributed by atoms with Crippen LogP contribution in [0.3, 0.4) is 0 Å². The Morgan fingerprint density at radius 1 is 0.806 bits per heavy atom. The van der Waals surface area contributed by atoms with Crippen LogP contribution in [0.2, 0.25) is 0 Å². The van der Waals surface area contributed by atoms with E-state index in [4.69, 9.17) is 0 Å². The zero-order valence-corrected chi connectivity index (χ0v) is 18.1. The first-order chi connectivity index (χ1) is 14.8. The summed E-state index contributed by atoms with van der Waals surface area (Å²) < 4.78 is 27.1. The van der Waals surface area contributed by atoms with E-state index < -0.39 is 14.9 Å². The number of benzene rings is 1. The van der Waals surface area contributed by atoms with Crippen molar-refractivity contribution in [2.45, 2.75) is 4.90 Å². The van der Waals surface area contributed by atoms with Gasteiger partial charge in [0.05, 0.1) is 9.82 Å². The number of nitro groups is 1. The van der Waals surface area contributed by atoms with Crippen LogP contribution in [-0.4, -0.2) is 92.1 Å². The zero-order chi connectivity index (χ0) is 22.0. The Kier molecular flexibility index (Phi) is 6.03. The molecule has 2 aliphatic heterocycles. The highest BCUT2D eigenvalue weighted by Crippen LogP contribution is 2.23. The normalized spacial score (nSPS) is 18.9. The number of non-ortho nitro benzene ring substituents is 1. The molecular weight excluding hydrogens is 422 g/mol. The number of aromatic nitrogens is 2. The Balaban J connectivity index is 1.37. The first-order valence-electron chi connectivity index (χ1n) is 10.1. The number of rotatable bonds is 5. The third-order valence-corrected chi connectivity index (χ3v) is 7.62. The van der Waals surface area contributed by atoms with Gasteiger partial charge in [-0.2, -0.15) is 4.31 Å². The third-order valence-electron chi connectivity index (χ3n) is 5.71. The summed E-state index contributed by atoms with van der Waals surface area (Å²) in [6.45, 7) is 5.43. The topological polar surface area (TPSA) is 116 Å². The van der Waals surface area contributed by atoms with Crippen LogP contribution >= 0.6 is 0 Å². The number of nitro benzene ring substituents is 1. The van der Waals surface area contributed by atoms with Crippen LogP contribution in [0, 0.1) is 10.1 Å². The summed E-state index contributed by atoms with van der Waals surface area (Å²) in [5, 5.41) is 19.5. The van der Waals surface area contributed by atoms with E-state index in [1.54, 1.807) is 0 Å². The number of hydrogen-bond donors (Lipinski definition) is 0. The minimum absolute atomic E-state index is 0.0582. The van der Waals surface area contributed by atoms with Crippen LogP contribution in [-0.2, 0) is 10.0 Å². The van der Waals surface area contributed by atoms with Crippen molar-refractivity contribution in [2.24, 2.45) is 0 Å². The molecule has 0 amide bonds. The monoisotopic (exact) mass is 447 g/mol. The molecule has 1 aromatic heterocycles. The Morgan fingerprint density at radius 2 is 1.29 bits per heavy atom. The standard InChI is InChI=1S/C19H25N7O4S/c1-22-8-10-23(11-9-22)18-6-7-19(21-20-18)24-12-14-25(15-13-24)31(29,30)17-4-2-16(3-5-17)26(27)28/h2-7H,8-15H2,1H3. The van der Waals surface area contributed by atoms with Crippen molar-refractivity contribution in [3.05, 3.63) is 46.5 Å². The summed E-state index contributed by atoms with van der Waals surface area (Å²) in [4.78, 5) is 16.8. The fourth-order valence-electron chi connectivity index (χ4n) is 3.74. The lowest BCUT2D eigenvalue weighted by atomic mass is 10.3. The quantitative estimate of drug-likeness (QED) is 0.481. The Labute approximate surface area is 181 Å². The van der Waals surface area contributed by atoms with E-state index >= 15 is 0 Å². The molecule has 0 spiro atoms. The number of hydrogen-bond acceptors (Lipinski definition) is 9. The van der Waals surface area contributed by atoms with Crippen molar-refractivity contribution in [2.75, 3.05) is 69.2 Å². The summed E-state index contributed by atoms with van der Waals surface area (Å²) >= 11 is 0. The van der Waals surface area contributed by atoms with E-state index in [1.165, 1.54) is 28.6 Å². The van der Waals surface area contributed by atoms with Crippen LogP contribution in [0.15, 0.2) is 41.3 Å². The molecule has 0 bridgehead atoms. The molecule has 31 heavy (non-hydrogen) atoms. The molecule has 0 N–H and O–H groups in total. The van der Waals surface area contributed by atoms with Gasteiger partial charge in [0.25, 0.3) is 5.69 Å². The van der Waals surface area contributed by atoms with Crippen molar-refractivity contribution in [3.63, 3.8) is 0 Å². The predicted molar refractivity (Wildman–Crippen MR) is 116 cm³/mol. The van der Waals surface area contributed by atoms with Crippen molar-refractivity contribution >= 4 is 27.3 Å². The largest absolute Gasteiger partial charge is 0.353 e. The molecule has 1 aromatic carbocycles. The maximum absolute atomic E-state index is 12.9. The molecule has 3 heterocycles. The molecule has 166 valence electrons. The first kappa shape index (κ1) is 21.4. The van der Waals surface area contributed by atoms with Crippen molar-refractivity contribution in [1.29, 1.82) is 0 Å². The van der Waals surface area contributed by atoms with Gasteiger partial charge in [-0.1, -0.05) is 0 Å². The van der Waals surface area contributed by atoms with Gasteiger partial charge in [0.2, 0.25) is 10.0 Å². The number of nitrogens with zero attached hydrogens (tertiary/aromatic N) is 7. The van der Waals surface area contributed by atoms with Crippen molar-refractivity contribution in [1.82, 2.24) is 19.4 Å². The number of sulfonamides is 1. The molecule has 2 saturated heterocycles. The molecule has 2 aromatic rings. The lowest BCUT2D eigenvalue weighted by molar-refractivity contribution is -0.384. The van der Waals surface area contributed by atoms with Crippen LogP contribution in [0.1, 0.15) is 0 Å². The second kappa shape index (κ2) is 8.73. The van der Waals surface area contributed by atoms with Gasteiger partial charge in [-0.05, 0) is 31.3 Å². The molecule has 0 saturated carbocycles. The van der Waals surface area contributed by atoms with Gasteiger partial charge in [0.15, 0.2) is 11.6 Å². The second-order valence-corrected chi connectivity index (χ2v) is 9.62. The van der Waals surface area contributed by atoms with Gasteiger partial charge < -0.3 is 14.7 Å². The molecule has 2 fully saturated rings. The van der Waals surface area contributed by atoms with Gasteiger partial charge in [0.1, 0.15) is 0 Å². The average Bonchev–Trinajstić information content (AvgIpc) is 2.80. The smallest absolute Gasteiger partial charge is 0.269 e. The van der Waals surface area contributed by atoms with Gasteiger partial charge in [0, 0.05) is 64.5 Å².